The van der Waals surface area contributed by atoms with Gasteiger partial charge in [0.05, 0.1) is 31.8 Å². The third-order valence-electron chi connectivity index (χ3n) is 5.53. The number of rotatable bonds is 6. The van der Waals surface area contributed by atoms with Crippen LogP contribution >= 0.6 is 35.6 Å². The number of benzene rings is 3. The van der Waals surface area contributed by atoms with E-state index in [4.69, 9.17) is 23.8 Å². The van der Waals surface area contributed by atoms with Crippen molar-refractivity contribution < 1.29 is 14.5 Å². The summed E-state index contributed by atoms with van der Waals surface area (Å²) in [4.78, 5) is 36.8. The van der Waals surface area contributed by atoms with Gasteiger partial charge in [-0.25, -0.2) is 4.68 Å². The number of carbonyl (C=O) groups excluding carboxylic acids is 2. The van der Waals surface area contributed by atoms with Crippen LogP contribution in [0.2, 0.25) is 5.02 Å². The molecule has 0 saturated carbocycles. The summed E-state index contributed by atoms with van der Waals surface area (Å²) in [5.74, 6) is -1.08. The molecule has 5 rings (SSSR count). The first-order chi connectivity index (χ1) is 18.3. The van der Waals surface area contributed by atoms with Gasteiger partial charge < -0.3 is 0 Å². The quantitative estimate of drug-likeness (QED) is 0.140. The maximum Gasteiger partial charge on any atom is 0.285 e. The van der Waals surface area contributed by atoms with Crippen LogP contribution in [0.3, 0.4) is 0 Å². The summed E-state index contributed by atoms with van der Waals surface area (Å²) in [6, 6.07) is 21.8. The van der Waals surface area contributed by atoms with E-state index in [9.17, 15) is 19.7 Å². The molecule has 1 fully saturated rings. The Morgan fingerprint density at radius 2 is 1.74 bits per heavy atom. The van der Waals surface area contributed by atoms with E-state index < -0.39 is 16.7 Å². The van der Waals surface area contributed by atoms with Gasteiger partial charge in [-0.15, -0.1) is 0 Å². The third kappa shape index (κ3) is 5.07. The molecule has 1 saturated heterocycles. The highest BCUT2D eigenvalue weighted by molar-refractivity contribution is 8.26. The largest absolute Gasteiger partial charge is 0.285 e. The van der Waals surface area contributed by atoms with Crippen molar-refractivity contribution in [1.82, 2.24) is 20.2 Å². The van der Waals surface area contributed by atoms with E-state index in [0.29, 0.717) is 16.8 Å². The van der Waals surface area contributed by atoms with E-state index in [-0.39, 0.29) is 25.5 Å². The van der Waals surface area contributed by atoms with E-state index in [1.807, 2.05) is 30.3 Å². The summed E-state index contributed by atoms with van der Waals surface area (Å²) in [7, 11) is 0. The van der Waals surface area contributed by atoms with Gasteiger partial charge in [-0.3, -0.25) is 25.1 Å². The minimum Gasteiger partial charge on any atom is -0.267 e. The van der Waals surface area contributed by atoms with Crippen LogP contribution in [0.15, 0.2) is 90.0 Å². The average molecular weight is 562 g/mol. The number of non-ortho nitro benzene ring substituents is 1. The minimum atomic E-state index is -0.573. The van der Waals surface area contributed by atoms with E-state index in [1.54, 1.807) is 53.4 Å². The number of nitrogens with one attached hydrogen (secondary N) is 1. The molecule has 1 aliphatic heterocycles. The molecule has 2 amide bonds. The Morgan fingerprint density at radius 3 is 2.42 bits per heavy atom. The standard InChI is InChI=1S/C26H16ClN5O4S2/c27-21-9-5-4-8-20(21)24(33)29-31-25(34)22(38-26(31)37)14-17-15-30(18-6-2-1-3-7-18)28-23(17)16-10-12-19(13-11-16)32(35)36/h1-15H,(H,29,33)/b22-14-. The fourth-order valence-corrected chi connectivity index (χ4v) is 5.08. The van der Waals surface area contributed by atoms with Crippen LogP contribution in [-0.4, -0.2) is 35.8 Å². The van der Waals surface area contributed by atoms with Gasteiger partial charge in [0.2, 0.25) is 0 Å². The molecule has 0 unspecified atom stereocenters. The predicted octanol–water partition coefficient (Wildman–Crippen LogP) is 5.65. The summed E-state index contributed by atoms with van der Waals surface area (Å²) < 4.78 is 1.80. The van der Waals surface area contributed by atoms with E-state index in [0.717, 1.165) is 22.5 Å². The van der Waals surface area contributed by atoms with Crippen LogP contribution in [0, 0.1) is 10.1 Å². The molecule has 0 bridgehead atoms. The van der Waals surface area contributed by atoms with Gasteiger partial charge in [-0.1, -0.05) is 53.7 Å². The zero-order valence-corrected chi connectivity index (χ0v) is 21.7. The van der Waals surface area contributed by atoms with Gasteiger partial charge >= 0.3 is 0 Å². The molecule has 2 heterocycles. The van der Waals surface area contributed by atoms with E-state index in [1.165, 1.54) is 12.1 Å². The molecule has 4 aromatic rings. The number of hydrogen-bond donors (Lipinski definition) is 1. The maximum absolute atomic E-state index is 13.2. The SMILES string of the molecule is O=C(NN1C(=O)/C(=C/c2cn(-c3ccccc3)nc2-c2ccc([N+](=O)[O-])cc2)SC1=S)c1ccccc1Cl. The summed E-state index contributed by atoms with van der Waals surface area (Å²) in [5.41, 5.74) is 5.18. The molecule has 9 nitrogen and oxygen atoms in total. The normalized spacial score (nSPS) is 14.2. The molecular weight excluding hydrogens is 546 g/mol. The Kier molecular flexibility index (Phi) is 7.05. The molecule has 188 valence electrons. The molecule has 0 radical (unpaired) electrons. The smallest absolute Gasteiger partial charge is 0.267 e. The number of nitrogens with zero attached hydrogens (tertiary/aromatic N) is 4. The highest BCUT2D eigenvalue weighted by Crippen LogP contribution is 2.34. The van der Waals surface area contributed by atoms with Gasteiger partial charge in [0.25, 0.3) is 17.5 Å². The topological polar surface area (TPSA) is 110 Å². The molecule has 0 aliphatic carbocycles. The molecular formula is C26H16ClN5O4S2. The summed E-state index contributed by atoms with van der Waals surface area (Å²) in [5, 5.41) is 17.0. The molecule has 3 aromatic carbocycles. The lowest BCUT2D eigenvalue weighted by atomic mass is 10.1. The molecule has 1 N–H and O–H groups in total. The third-order valence-corrected chi connectivity index (χ3v) is 7.16. The minimum absolute atomic E-state index is 0.0482. The lowest BCUT2D eigenvalue weighted by molar-refractivity contribution is -0.384. The van der Waals surface area contributed by atoms with Gasteiger partial charge in [0.15, 0.2) is 4.32 Å². The second kappa shape index (κ2) is 10.6. The first-order valence-electron chi connectivity index (χ1n) is 11.1. The predicted molar refractivity (Wildman–Crippen MR) is 150 cm³/mol. The number of nitro groups is 1. The zero-order valence-electron chi connectivity index (χ0n) is 19.3. The second-order valence-electron chi connectivity index (χ2n) is 7.96. The van der Waals surface area contributed by atoms with Gasteiger partial charge in [-0.05, 0) is 54.7 Å². The van der Waals surface area contributed by atoms with Crippen LogP contribution < -0.4 is 5.43 Å². The number of amides is 2. The number of thiocarbonyl (C=S) groups is 1. The Labute approximate surface area is 230 Å². The van der Waals surface area contributed by atoms with E-state index >= 15 is 0 Å². The van der Waals surface area contributed by atoms with Crippen LogP contribution in [0.5, 0.6) is 0 Å². The van der Waals surface area contributed by atoms with Crippen molar-refractivity contribution >= 4 is 63.5 Å². The molecule has 1 aromatic heterocycles. The maximum atomic E-state index is 13.2. The van der Waals surface area contributed by atoms with Crippen molar-refractivity contribution in [2.24, 2.45) is 0 Å². The number of aromatic nitrogens is 2. The lowest BCUT2D eigenvalue weighted by Crippen LogP contribution is -2.44. The summed E-state index contributed by atoms with van der Waals surface area (Å²) >= 11 is 12.5. The summed E-state index contributed by atoms with van der Waals surface area (Å²) in [6.07, 6.45) is 3.38. The fraction of sp³-hybridized carbons (Fsp3) is 0. The lowest BCUT2D eigenvalue weighted by Gasteiger charge is -2.16. The van der Waals surface area contributed by atoms with Crippen molar-refractivity contribution in [2.75, 3.05) is 0 Å². The Balaban J connectivity index is 1.49. The Morgan fingerprint density at radius 1 is 1.05 bits per heavy atom. The molecule has 0 spiro atoms. The van der Waals surface area contributed by atoms with Crippen molar-refractivity contribution in [1.29, 1.82) is 0 Å². The number of hydrazine groups is 1. The number of hydrogen-bond acceptors (Lipinski definition) is 7. The van der Waals surface area contributed by atoms with E-state index in [2.05, 4.69) is 10.5 Å². The van der Waals surface area contributed by atoms with Crippen LogP contribution in [0.1, 0.15) is 15.9 Å². The van der Waals surface area contributed by atoms with Gasteiger partial charge in [0.1, 0.15) is 0 Å². The van der Waals surface area contributed by atoms with Crippen molar-refractivity contribution in [3.63, 3.8) is 0 Å². The molecule has 1 aliphatic rings. The van der Waals surface area contributed by atoms with Crippen LogP contribution in [0.25, 0.3) is 23.0 Å². The first-order valence-corrected chi connectivity index (χ1v) is 12.7. The molecule has 0 atom stereocenters. The Bertz CT molecular complexity index is 1620. The highest BCUT2D eigenvalue weighted by atomic mass is 35.5. The monoisotopic (exact) mass is 561 g/mol. The number of halogens is 1. The first kappa shape index (κ1) is 25.3. The molecule has 12 heteroatoms. The second-order valence-corrected chi connectivity index (χ2v) is 10.0. The summed E-state index contributed by atoms with van der Waals surface area (Å²) in [6.45, 7) is 0. The Hall–Kier alpha value is -4.32. The number of carbonyl (C=O) groups is 2. The van der Waals surface area contributed by atoms with Crippen molar-refractivity contribution in [2.45, 2.75) is 0 Å². The average Bonchev–Trinajstić information content (AvgIpc) is 3.46. The van der Waals surface area contributed by atoms with Crippen LogP contribution in [0.4, 0.5) is 5.69 Å². The number of nitro benzene ring substituents is 1. The van der Waals surface area contributed by atoms with Crippen molar-refractivity contribution in [3.05, 3.63) is 116 Å². The highest BCUT2D eigenvalue weighted by Gasteiger charge is 2.34. The zero-order chi connectivity index (χ0) is 26.8. The fourth-order valence-electron chi connectivity index (χ4n) is 3.68. The number of thioether (sulfide) groups is 1. The van der Waals surface area contributed by atoms with Crippen molar-refractivity contribution in [3.8, 4) is 16.9 Å². The van der Waals surface area contributed by atoms with Crippen LogP contribution in [-0.2, 0) is 4.79 Å². The van der Waals surface area contributed by atoms with Gasteiger partial charge in [-0.2, -0.15) is 10.1 Å². The van der Waals surface area contributed by atoms with Gasteiger partial charge in [0, 0.05) is 29.5 Å². The molecule has 38 heavy (non-hydrogen) atoms. The number of para-hydroxylation sites is 1.